The molecule has 0 bridgehead atoms. The number of hydrogen-bond donors (Lipinski definition) is 5. The zero-order valence-electron chi connectivity index (χ0n) is 102. The molecular weight excluding hydrogens is 1490 g/mol. The van der Waals surface area contributed by atoms with Gasteiger partial charge in [-0.3, -0.25) is 24.5 Å². The van der Waals surface area contributed by atoms with Gasteiger partial charge in [-0.15, -0.1) is 0 Å². The van der Waals surface area contributed by atoms with Gasteiger partial charge in [0.2, 0.25) is 0 Å². The minimum absolute atomic E-state index is 0.00872. The predicted molar refractivity (Wildman–Crippen MR) is 470 cm³/mol. The fourth-order valence-electron chi connectivity index (χ4n) is 19.9. The Hall–Kier alpha value is -6.30. The smallest absolute Gasteiger partial charge is 0.161 e. The average molecular weight is 1670 g/mol. The summed E-state index contributed by atoms with van der Waals surface area (Å²) in [6.07, 6.45) is -4.72. The highest BCUT2D eigenvalue weighted by atomic mass is 16.5. The highest BCUT2D eigenvalue weighted by molar-refractivity contribution is 5.54. The van der Waals surface area contributed by atoms with Crippen LogP contribution in [0.3, 0.4) is 0 Å². The maximum absolute atomic E-state index is 11.0. The van der Waals surface area contributed by atoms with E-state index in [1.807, 2.05) is 45.0 Å². The van der Waals surface area contributed by atoms with Gasteiger partial charge in [0.25, 0.3) is 0 Å². The molecule has 5 N–H and O–H groups in total. The van der Waals surface area contributed by atoms with Crippen LogP contribution < -0.4 is 47.4 Å². The molecule has 0 aliphatic carbocycles. The molecule has 658 valence electrons. The van der Waals surface area contributed by atoms with Crippen molar-refractivity contribution in [3.8, 4) is 57.5 Å². The number of benzene rings is 5. The lowest BCUT2D eigenvalue weighted by Gasteiger charge is -2.47. The molecule has 20 nitrogen and oxygen atoms in total. The molecule has 10 aliphatic rings. The third-order valence-electron chi connectivity index (χ3n) is 25.4. The molecule has 0 spiro atoms. The van der Waals surface area contributed by atoms with Gasteiger partial charge in [0.15, 0.2) is 57.5 Å². The van der Waals surface area contributed by atoms with E-state index in [0.29, 0.717) is 109 Å². The van der Waals surface area contributed by atoms with Crippen molar-refractivity contribution in [3.63, 3.8) is 0 Å². The molecule has 10 aliphatic heterocycles. The van der Waals surface area contributed by atoms with Crippen LogP contribution in [0.5, 0.6) is 57.5 Å². The SMILES string of the molecule is COc1cc2c(cc1OC)C1CC(O)C(CC(C)C)CN1CC2.[2H]C([2H])([2H])C(C)(C([2H])([2H])[2H])C([2H])([2H])C1CN2CCc3cc(OC)c(OC)cc3C2CC1O.[2H]C([2H])([2H])C(C)(C([2H])([2H])[2H])C([2H])([2H])C1CN2CCc3cc(OC)c(OC)cc3C2CC1O.[2H]C([2H])([2H])Oc1cc2c(cc1OC)CCN1CC(C([2H])([2H])C(C)(C([2H])([2H])[2H])C([2H])([2H])[2H])C(O)CC21.[2H]C([2H])([2H])Oc1cc2c(cc1OC)CCN1CC(CC(C)C)C(O)CC21. The van der Waals surface area contributed by atoms with E-state index in [9.17, 15) is 25.5 Å². The highest BCUT2D eigenvalue weighted by Crippen LogP contribution is 2.51. The van der Waals surface area contributed by atoms with Crippen molar-refractivity contribution < 1.29 is 114 Å². The Kier molecular flexibility index (Phi) is 20.1. The van der Waals surface area contributed by atoms with Gasteiger partial charge in [-0.2, -0.15) is 0 Å². The molecule has 20 heteroatoms. The molecule has 5 fully saturated rings. The van der Waals surface area contributed by atoms with Crippen LogP contribution in [0.2, 0.25) is 0 Å². The number of fused-ring (bicyclic) bond motifs is 15. The molecule has 15 rings (SSSR count). The van der Waals surface area contributed by atoms with E-state index in [0.717, 1.165) is 129 Å². The lowest BCUT2D eigenvalue weighted by Crippen LogP contribution is -2.48. The van der Waals surface area contributed by atoms with E-state index < -0.39 is 133 Å². The number of methoxy groups -OCH3 is 10. The number of rotatable bonds is 17. The minimum Gasteiger partial charge on any atom is -0.493 e. The summed E-state index contributed by atoms with van der Waals surface area (Å²) in [6, 6.07) is 18.2. The van der Waals surface area contributed by atoms with Crippen LogP contribution in [0.4, 0.5) is 0 Å². The lowest BCUT2D eigenvalue weighted by atomic mass is 9.75. The zero-order valence-corrected chi connectivity index (χ0v) is 71.7. The lowest BCUT2D eigenvalue weighted by molar-refractivity contribution is -0.0259. The van der Waals surface area contributed by atoms with Crippen molar-refractivity contribution in [2.45, 2.75) is 246 Å². The second-order valence-corrected chi connectivity index (χ2v) is 35.1. The summed E-state index contributed by atoms with van der Waals surface area (Å²) in [5.41, 5.74) is 2.39. The van der Waals surface area contributed by atoms with E-state index >= 15 is 0 Å². The fourth-order valence-corrected chi connectivity index (χ4v) is 19.9. The largest absolute Gasteiger partial charge is 0.493 e. The van der Waals surface area contributed by atoms with Gasteiger partial charge < -0.3 is 72.9 Å². The molecule has 5 aromatic rings. The first-order chi connectivity index (χ1) is 68.1. The predicted octanol–water partition coefficient (Wildman–Crippen LogP) is 16.3. The van der Waals surface area contributed by atoms with Gasteiger partial charge in [-0.05, 0) is 270 Å². The maximum atomic E-state index is 11.0. The molecule has 0 radical (unpaired) electrons. The minimum atomic E-state index is -3.15. The summed E-state index contributed by atoms with van der Waals surface area (Å²) >= 11 is 0. The Balaban J connectivity index is 0.000000177. The summed E-state index contributed by atoms with van der Waals surface area (Å²) in [7, 11) is 7.23. The molecule has 0 saturated carbocycles. The number of aliphatic hydroxyl groups is 5. The van der Waals surface area contributed by atoms with Gasteiger partial charge in [0.05, 0.1) is 110 Å². The Morgan fingerprint density at radius 2 is 0.500 bits per heavy atom. The van der Waals surface area contributed by atoms with E-state index in [-0.39, 0.29) is 86.5 Å². The second-order valence-electron chi connectivity index (χ2n) is 35.1. The third kappa shape index (κ3) is 22.2. The second kappa shape index (κ2) is 39.9. The van der Waals surface area contributed by atoms with Crippen LogP contribution in [-0.4, -0.2) is 217 Å². The monoisotopic (exact) mass is 1670 g/mol. The molecule has 0 aromatic heterocycles. The van der Waals surface area contributed by atoms with Gasteiger partial charge >= 0.3 is 0 Å². The van der Waals surface area contributed by atoms with Crippen LogP contribution in [0.25, 0.3) is 0 Å². The van der Waals surface area contributed by atoms with Crippen LogP contribution in [0.1, 0.15) is 281 Å². The van der Waals surface area contributed by atoms with Crippen molar-refractivity contribution in [1.29, 1.82) is 0 Å². The van der Waals surface area contributed by atoms with Crippen LogP contribution in [0, 0.1) is 57.7 Å². The zero-order chi connectivity index (χ0) is 111. The van der Waals surface area contributed by atoms with Crippen molar-refractivity contribution in [2.75, 3.05) is 136 Å². The van der Waals surface area contributed by atoms with Gasteiger partial charge in [0, 0.05) is 129 Å². The molecule has 5 aromatic carbocycles. The quantitative estimate of drug-likeness (QED) is 0.0586. The average Bonchev–Trinajstić information content (AvgIpc) is 0.714. The van der Waals surface area contributed by atoms with Crippen LogP contribution in [0.15, 0.2) is 60.7 Å². The van der Waals surface area contributed by atoms with Crippen molar-refractivity contribution in [3.05, 3.63) is 116 Å². The number of piperidine rings is 5. The van der Waals surface area contributed by atoms with E-state index in [1.165, 1.54) is 39.6 Å². The summed E-state index contributed by atoms with van der Waals surface area (Å²) in [5, 5.41) is 54.3. The van der Waals surface area contributed by atoms with Gasteiger partial charge in [-0.1, -0.05) is 89.6 Å². The number of aliphatic hydroxyl groups excluding tert-OH is 5. The molecule has 5 saturated heterocycles. The highest BCUT2D eigenvalue weighted by Gasteiger charge is 2.46. The van der Waals surface area contributed by atoms with E-state index in [4.69, 9.17) is 88.5 Å². The van der Waals surface area contributed by atoms with Gasteiger partial charge in [0.1, 0.15) is 0 Å². The first kappa shape index (κ1) is 59.5. The third-order valence-corrected chi connectivity index (χ3v) is 25.4. The molecule has 118 heavy (non-hydrogen) atoms. The van der Waals surface area contributed by atoms with Crippen LogP contribution in [-0.2, 0) is 32.1 Å². The summed E-state index contributed by atoms with van der Waals surface area (Å²) < 4.78 is 292. The summed E-state index contributed by atoms with van der Waals surface area (Å²) in [4.78, 5) is 10.9. The summed E-state index contributed by atoms with van der Waals surface area (Å²) in [5.74, 6) is 3.12. The van der Waals surface area contributed by atoms with E-state index in [2.05, 4.69) is 49.6 Å². The Bertz CT molecular complexity index is 5160. The normalized spacial score (nSPS) is 32.4. The maximum Gasteiger partial charge on any atom is 0.161 e. The fraction of sp³-hybridized carbons (Fsp3) is 0.694. The number of ether oxygens (including phenoxy) is 10. The first-order valence-corrected chi connectivity index (χ1v) is 41.8. The molecule has 0 amide bonds. The number of nitrogens with zero attached hydrogens (tertiary/aromatic N) is 5. The van der Waals surface area contributed by atoms with Crippen LogP contribution >= 0.6 is 0 Å². The number of hydrogen-bond acceptors (Lipinski definition) is 20. The molecule has 15 atom stereocenters. The van der Waals surface area contributed by atoms with E-state index in [1.54, 1.807) is 46.6 Å². The Morgan fingerprint density at radius 1 is 0.314 bits per heavy atom. The first-order valence-electron chi connectivity index (χ1n) is 56.8. The topological polar surface area (TPSA) is 210 Å². The van der Waals surface area contributed by atoms with Crippen molar-refractivity contribution in [1.82, 2.24) is 24.5 Å². The van der Waals surface area contributed by atoms with Crippen molar-refractivity contribution in [2.24, 2.45) is 57.7 Å². The molecule has 15 unspecified atom stereocenters. The summed E-state index contributed by atoms with van der Waals surface area (Å²) in [6.45, 7) is -1.45. The Morgan fingerprint density at radius 3 is 0.686 bits per heavy atom. The molecule has 10 heterocycles. The molecular formula is C98H151N5O15. The van der Waals surface area contributed by atoms with Gasteiger partial charge in [-0.25, -0.2) is 0 Å². The van der Waals surface area contributed by atoms with Crippen molar-refractivity contribution >= 4 is 0 Å². The standard InChI is InChI=1S/3C20H31NO3.2C19H29NO3/c3*1-20(2,3)11-14-12-21-7-6-13-8-18(23-4)19(24-5)9-15(13)16(21)10-17(14)22;2*1-12(2)7-14-11-20-6-5-13-8-18(22-3)19(23-4)9-15(13)16(20)10-17(14)21/h3*8-9,14,16-17,22H,6-7,10-12H2,1-5H3;2*8-9,12,14,16-17,21H,5-7,10-11H2,1-4H3/i1D3,2D3,5D3,11D2;2*1D3,2D3,11D2;4D3;. The Labute approximate surface area is 750 Å².